The molecule has 0 saturated heterocycles. The van der Waals surface area contributed by atoms with Gasteiger partial charge in [-0.25, -0.2) is 5.84 Å². The first kappa shape index (κ1) is 13.2. The Bertz CT molecular complexity index is 159. The van der Waals surface area contributed by atoms with Crippen molar-refractivity contribution in [1.82, 2.24) is 10.7 Å². The van der Waals surface area contributed by atoms with E-state index in [0.29, 0.717) is 18.5 Å². The predicted molar refractivity (Wildman–Crippen MR) is 59.0 cm³/mol. The zero-order valence-electron chi connectivity index (χ0n) is 9.34. The number of nitrogens with zero attached hydrogens (tertiary/aromatic N) is 1. The Labute approximate surface area is 86.1 Å². The van der Waals surface area contributed by atoms with E-state index in [-0.39, 0.29) is 0 Å². The van der Waals surface area contributed by atoms with E-state index in [1.807, 2.05) is 6.92 Å². The summed E-state index contributed by atoms with van der Waals surface area (Å²) in [6, 6.07) is 0. The number of rotatable bonds is 6. The molecule has 0 aromatic heterocycles. The third-order valence-electron chi connectivity index (χ3n) is 1.49. The molecule has 14 heavy (non-hydrogen) atoms. The van der Waals surface area contributed by atoms with Crippen molar-refractivity contribution in [2.75, 3.05) is 26.3 Å². The summed E-state index contributed by atoms with van der Waals surface area (Å²) < 4.78 is 5.17. The van der Waals surface area contributed by atoms with Crippen LogP contribution in [0.5, 0.6) is 0 Å². The first-order valence-electron chi connectivity index (χ1n) is 5.03. The molecule has 84 valence electrons. The molecule has 0 aromatic carbocycles. The summed E-state index contributed by atoms with van der Waals surface area (Å²) in [6.07, 6.45) is 0. The van der Waals surface area contributed by atoms with Gasteiger partial charge in [-0.2, -0.15) is 0 Å². The van der Waals surface area contributed by atoms with Crippen LogP contribution in [0.4, 0.5) is 0 Å². The Morgan fingerprint density at radius 2 is 2.21 bits per heavy atom. The zero-order valence-corrected chi connectivity index (χ0v) is 9.34. The maximum atomic E-state index is 5.29. The van der Waals surface area contributed by atoms with Gasteiger partial charge in [-0.3, -0.25) is 10.4 Å². The number of nitrogens with two attached hydrogens (primary N) is 1. The van der Waals surface area contributed by atoms with Crippen LogP contribution in [0.3, 0.4) is 0 Å². The standard InChI is InChI=1S/C9H22N4O/c1-4-14-6-5-11-9(13-10)12-7-8(2)3/h8H,4-7,10H2,1-3H3,(H2,11,12,13). The van der Waals surface area contributed by atoms with Crippen LogP contribution in [0.2, 0.25) is 0 Å². The summed E-state index contributed by atoms with van der Waals surface area (Å²) in [5, 5.41) is 3.05. The molecule has 0 aliphatic carbocycles. The molecule has 0 aliphatic heterocycles. The molecule has 5 heteroatoms. The summed E-state index contributed by atoms with van der Waals surface area (Å²) in [5.41, 5.74) is 2.52. The number of nitrogens with one attached hydrogen (secondary N) is 2. The number of aliphatic imine (C=N–C) groups is 1. The van der Waals surface area contributed by atoms with Crippen LogP contribution in [0, 0.1) is 5.92 Å². The highest BCUT2D eigenvalue weighted by molar-refractivity contribution is 5.79. The lowest BCUT2D eigenvalue weighted by molar-refractivity contribution is 0.152. The SMILES string of the molecule is CCOCCNC(=NCC(C)C)NN. The second kappa shape index (κ2) is 8.77. The van der Waals surface area contributed by atoms with Gasteiger partial charge in [-0.05, 0) is 12.8 Å². The molecule has 0 unspecified atom stereocenters. The molecule has 5 nitrogen and oxygen atoms in total. The van der Waals surface area contributed by atoms with Gasteiger partial charge in [0.1, 0.15) is 0 Å². The number of hydrogen-bond donors (Lipinski definition) is 3. The van der Waals surface area contributed by atoms with E-state index in [1.54, 1.807) is 0 Å². The predicted octanol–water partition coefficient (Wildman–Crippen LogP) is 0.0878. The molecule has 0 fully saturated rings. The molecule has 0 bridgehead atoms. The quantitative estimate of drug-likeness (QED) is 0.188. The van der Waals surface area contributed by atoms with E-state index < -0.39 is 0 Å². The monoisotopic (exact) mass is 202 g/mol. The van der Waals surface area contributed by atoms with Crippen molar-refractivity contribution in [3.63, 3.8) is 0 Å². The average Bonchev–Trinajstić information content (AvgIpc) is 2.16. The zero-order chi connectivity index (χ0) is 10.8. The van der Waals surface area contributed by atoms with Gasteiger partial charge in [0.2, 0.25) is 5.96 Å². The Morgan fingerprint density at radius 3 is 2.71 bits per heavy atom. The number of hydrazine groups is 1. The van der Waals surface area contributed by atoms with Gasteiger partial charge in [0.05, 0.1) is 6.61 Å². The van der Waals surface area contributed by atoms with E-state index in [1.165, 1.54) is 0 Å². The maximum absolute atomic E-state index is 5.29. The van der Waals surface area contributed by atoms with E-state index in [9.17, 15) is 0 Å². The highest BCUT2D eigenvalue weighted by Crippen LogP contribution is 1.90. The lowest BCUT2D eigenvalue weighted by Gasteiger charge is -2.09. The summed E-state index contributed by atoms with van der Waals surface area (Å²) in [5.74, 6) is 6.45. The molecule has 0 aromatic rings. The van der Waals surface area contributed by atoms with Gasteiger partial charge in [0, 0.05) is 19.7 Å². The van der Waals surface area contributed by atoms with Crippen LogP contribution in [0.15, 0.2) is 4.99 Å². The first-order valence-corrected chi connectivity index (χ1v) is 5.03. The fourth-order valence-electron chi connectivity index (χ4n) is 0.812. The minimum atomic E-state index is 0.534. The van der Waals surface area contributed by atoms with Crippen molar-refractivity contribution in [2.45, 2.75) is 20.8 Å². The molecule has 0 radical (unpaired) electrons. The number of hydrogen-bond acceptors (Lipinski definition) is 3. The smallest absolute Gasteiger partial charge is 0.205 e. The summed E-state index contributed by atoms with van der Waals surface area (Å²) in [7, 11) is 0. The molecule has 0 rings (SSSR count). The average molecular weight is 202 g/mol. The lowest BCUT2D eigenvalue weighted by Crippen LogP contribution is -2.43. The Kier molecular flexibility index (Phi) is 8.27. The summed E-state index contributed by atoms with van der Waals surface area (Å²) in [4.78, 5) is 4.25. The second-order valence-electron chi connectivity index (χ2n) is 3.35. The van der Waals surface area contributed by atoms with Gasteiger partial charge >= 0.3 is 0 Å². The molecule has 0 saturated carbocycles. The van der Waals surface area contributed by atoms with Crippen molar-refractivity contribution >= 4 is 5.96 Å². The molecule has 4 N–H and O–H groups in total. The van der Waals surface area contributed by atoms with E-state index in [0.717, 1.165) is 19.7 Å². The maximum Gasteiger partial charge on any atom is 0.205 e. The minimum Gasteiger partial charge on any atom is -0.380 e. The molecule has 0 aliphatic rings. The third kappa shape index (κ3) is 7.82. The molecule has 0 atom stereocenters. The topological polar surface area (TPSA) is 71.7 Å². The van der Waals surface area contributed by atoms with Gasteiger partial charge in [0.15, 0.2) is 0 Å². The fourth-order valence-corrected chi connectivity index (χ4v) is 0.812. The molecule has 0 heterocycles. The fraction of sp³-hybridized carbons (Fsp3) is 0.889. The Hall–Kier alpha value is -0.810. The van der Waals surface area contributed by atoms with Gasteiger partial charge in [-0.1, -0.05) is 13.8 Å². The van der Waals surface area contributed by atoms with Crippen molar-refractivity contribution in [1.29, 1.82) is 0 Å². The Morgan fingerprint density at radius 1 is 1.50 bits per heavy atom. The van der Waals surface area contributed by atoms with Crippen LogP contribution >= 0.6 is 0 Å². The van der Waals surface area contributed by atoms with Gasteiger partial charge < -0.3 is 10.1 Å². The van der Waals surface area contributed by atoms with Crippen LogP contribution < -0.4 is 16.6 Å². The van der Waals surface area contributed by atoms with Crippen LogP contribution in [0.1, 0.15) is 20.8 Å². The van der Waals surface area contributed by atoms with Crippen molar-refractivity contribution in [3.05, 3.63) is 0 Å². The second-order valence-corrected chi connectivity index (χ2v) is 3.35. The number of guanidine groups is 1. The van der Waals surface area contributed by atoms with Crippen LogP contribution in [-0.4, -0.2) is 32.3 Å². The van der Waals surface area contributed by atoms with Gasteiger partial charge in [0.25, 0.3) is 0 Å². The Balaban J connectivity index is 3.62. The molecular formula is C9H22N4O. The lowest BCUT2D eigenvalue weighted by atomic mass is 10.2. The number of ether oxygens (including phenoxy) is 1. The normalized spacial score (nSPS) is 11.9. The molecule has 0 amide bonds. The third-order valence-corrected chi connectivity index (χ3v) is 1.49. The molecule has 0 spiro atoms. The van der Waals surface area contributed by atoms with Crippen LogP contribution in [0.25, 0.3) is 0 Å². The van der Waals surface area contributed by atoms with Crippen molar-refractivity contribution in [3.8, 4) is 0 Å². The first-order chi connectivity index (χ1) is 6.70. The largest absolute Gasteiger partial charge is 0.380 e. The van der Waals surface area contributed by atoms with E-state index >= 15 is 0 Å². The molecular weight excluding hydrogens is 180 g/mol. The van der Waals surface area contributed by atoms with E-state index in [2.05, 4.69) is 29.6 Å². The van der Waals surface area contributed by atoms with Gasteiger partial charge in [-0.15, -0.1) is 0 Å². The minimum absolute atomic E-state index is 0.534. The van der Waals surface area contributed by atoms with Crippen molar-refractivity contribution in [2.24, 2.45) is 16.8 Å². The highest BCUT2D eigenvalue weighted by atomic mass is 16.5. The van der Waals surface area contributed by atoms with Crippen molar-refractivity contribution < 1.29 is 4.74 Å². The van der Waals surface area contributed by atoms with Crippen LogP contribution in [-0.2, 0) is 4.74 Å². The summed E-state index contributed by atoms with van der Waals surface area (Å²) >= 11 is 0. The van der Waals surface area contributed by atoms with E-state index in [4.69, 9.17) is 10.6 Å². The summed E-state index contributed by atoms with van der Waals surface area (Å²) in [6.45, 7) is 9.07. The highest BCUT2D eigenvalue weighted by Gasteiger charge is 1.96.